The summed E-state index contributed by atoms with van der Waals surface area (Å²) < 4.78 is 22.9. The molecule has 1 N–H and O–H groups in total. The van der Waals surface area contributed by atoms with Gasteiger partial charge in [0.1, 0.15) is 0 Å². The van der Waals surface area contributed by atoms with Gasteiger partial charge in [-0.25, -0.2) is 8.42 Å². The molecule has 20 heavy (non-hydrogen) atoms. The van der Waals surface area contributed by atoms with Crippen molar-refractivity contribution in [2.24, 2.45) is 11.8 Å². The van der Waals surface area contributed by atoms with Crippen LogP contribution >= 0.6 is 0 Å². The lowest BCUT2D eigenvalue weighted by Crippen LogP contribution is -2.43. The highest BCUT2D eigenvalue weighted by Crippen LogP contribution is 2.31. The molecule has 1 amide bonds. The molecule has 2 rings (SSSR count). The standard InChI is InChI=1S/C13H21NO5S/c1-14(11-5-6-20(18,19)8-11)12(15)9-3-2-4-10(7-9)13(16)17/h9-11H,2-8H2,1H3,(H,16,17)/t9-,10+,11+/m1/s1. The topological polar surface area (TPSA) is 91.8 Å². The van der Waals surface area contributed by atoms with Crippen LogP contribution < -0.4 is 0 Å². The van der Waals surface area contributed by atoms with Crippen molar-refractivity contribution in [3.05, 3.63) is 0 Å². The molecule has 1 aliphatic heterocycles. The zero-order chi connectivity index (χ0) is 14.9. The van der Waals surface area contributed by atoms with Gasteiger partial charge in [0.25, 0.3) is 0 Å². The third kappa shape index (κ3) is 3.31. The van der Waals surface area contributed by atoms with Crippen LogP contribution in [0.4, 0.5) is 0 Å². The zero-order valence-electron chi connectivity index (χ0n) is 11.6. The molecule has 0 bridgehead atoms. The molecule has 0 aromatic heterocycles. The molecule has 2 fully saturated rings. The summed E-state index contributed by atoms with van der Waals surface area (Å²) >= 11 is 0. The second-order valence-corrected chi connectivity index (χ2v) is 8.13. The number of hydrogen-bond acceptors (Lipinski definition) is 4. The van der Waals surface area contributed by atoms with E-state index in [1.54, 1.807) is 7.05 Å². The van der Waals surface area contributed by atoms with E-state index in [4.69, 9.17) is 5.11 Å². The maximum Gasteiger partial charge on any atom is 0.306 e. The van der Waals surface area contributed by atoms with E-state index in [2.05, 4.69) is 0 Å². The molecule has 1 saturated heterocycles. The Morgan fingerprint density at radius 3 is 2.35 bits per heavy atom. The summed E-state index contributed by atoms with van der Waals surface area (Å²) in [5.74, 6) is -1.50. The van der Waals surface area contributed by atoms with Crippen molar-refractivity contribution in [2.75, 3.05) is 18.6 Å². The van der Waals surface area contributed by atoms with Crippen molar-refractivity contribution in [1.29, 1.82) is 0 Å². The Kier molecular flexibility index (Phi) is 4.36. The number of sulfone groups is 1. The largest absolute Gasteiger partial charge is 0.481 e. The van der Waals surface area contributed by atoms with Gasteiger partial charge in [0.2, 0.25) is 5.91 Å². The van der Waals surface area contributed by atoms with E-state index in [-0.39, 0.29) is 29.4 Å². The van der Waals surface area contributed by atoms with Crippen molar-refractivity contribution in [3.8, 4) is 0 Å². The van der Waals surface area contributed by atoms with Crippen molar-refractivity contribution in [2.45, 2.75) is 38.1 Å². The highest BCUT2D eigenvalue weighted by molar-refractivity contribution is 7.91. The quantitative estimate of drug-likeness (QED) is 0.821. The average Bonchev–Trinajstić information content (AvgIpc) is 2.77. The average molecular weight is 303 g/mol. The predicted molar refractivity (Wildman–Crippen MR) is 72.9 cm³/mol. The van der Waals surface area contributed by atoms with Crippen molar-refractivity contribution >= 4 is 21.7 Å². The van der Waals surface area contributed by atoms with Crippen LogP contribution in [-0.4, -0.2) is 54.9 Å². The van der Waals surface area contributed by atoms with Gasteiger partial charge in [-0.1, -0.05) is 6.42 Å². The second-order valence-electron chi connectivity index (χ2n) is 5.90. The summed E-state index contributed by atoms with van der Waals surface area (Å²) in [7, 11) is -1.38. The van der Waals surface area contributed by atoms with Gasteiger partial charge >= 0.3 is 5.97 Å². The highest BCUT2D eigenvalue weighted by atomic mass is 32.2. The molecule has 1 aliphatic carbocycles. The number of aliphatic carboxylic acids is 1. The van der Waals surface area contributed by atoms with E-state index in [0.717, 1.165) is 6.42 Å². The first-order valence-electron chi connectivity index (χ1n) is 7.00. The van der Waals surface area contributed by atoms with Gasteiger partial charge in [0.15, 0.2) is 9.84 Å². The first-order valence-corrected chi connectivity index (χ1v) is 8.82. The van der Waals surface area contributed by atoms with E-state index >= 15 is 0 Å². The van der Waals surface area contributed by atoms with Gasteiger partial charge in [0.05, 0.1) is 17.4 Å². The number of carboxylic acid groups (broad SMARTS) is 1. The summed E-state index contributed by atoms with van der Waals surface area (Å²) in [6.07, 6.45) is 2.93. The normalized spacial score (nSPS) is 32.8. The van der Waals surface area contributed by atoms with Crippen molar-refractivity contribution < 1.29 is 23.1 Å². The number of rotatable bonds is 3. The summed E-state index contributed by atoms with van der Waals surface area (Å²) in [6, 6.07) is -0.252. The molecule has 114 valence electrons. The van der Waals surface area contributed by atoms with E-state index in [1.165, 1.54) is 4.90 Å². The molecule has 0 unspecified atom stereocenters. The Labute approximate surface area is 119 Å². The van der Waals surface area contributed by atoms with Crippen LogP contribution in [0.3, 0.4) is 0 Å². The van der Waals surface area contributed by atoms with Crippen LogP contribution in [0.1, 0.15) is 32.1 Å². The molecular formula is C13H21NO5S. The minimum absolute atomic E-state index is 0.0321. The molecule has 1 saturated carbocycles. The van der Waals surface area contributed by atoms with Gasteiger partial charge in [-0.3, -0.25) is 9.59 Å². The van der Waals surface area contributed by atoms with Gasteiger partial charge in [0, 0.05) is 19.0 Å². The van der Waals surface area contributed by atoms with Gasteiger partial charge in [-0.2, -0.15) is 0 Å². The zero-order valence-corrected chi connectivity index (χ0v) is 12.4. The highest BCUT2D eigenvalue weighted by Gasteiger charge is 2.37. The van der Waals surface area contributed by atoms with E-state index < -0.39 is 21.7 Å². The van der Waals surface area contributed by atoms with Gasteiger partial charge < -0.3 is 10.0 Å². The van der Waals surface area contributed by atoms with E-state index in [1.807, 2.05) is 0 Å². The molecule has 6 nitrogen and oxygen atoms in total. The van der Waals surface area contributed by atoms with Crippen LogP contribution in [0.15, 0.2) is 0 Å². The molecule has 0 aromatic carbocycles. The number of nitrogens with zero attached hydrogens (tertiary/aromatic N) is 1. The third-order valence-corrected chi connectivity index (χ3v) is 6.23. The first-order chi connectivity index (χ1) is 9.30. The Morgan fingerprint density at radius 2 is 1.80 bits per heavy atom. The molecule has 0 spiro atoms. The van der Waals surface area contributed by atoms with E-state index in [9.17, 15) is 18.0 Å². The Hall–Kier alpha value is -1.11. The van der Waals surface area contributed by atoms with Crippen molar-refractivity contribution in [3.63, 3.8) is 0 Å². The lowest BCUT2D eigenvalue weighted by atomic mass is 9.80. The number of amides is 1. The molecule has 0 aromatic rings. The molecule has 7 heteroatoms. The SMILES string of the molecule is CN(C(=O)[C@@H]1CCC[C@H](C(=O)O)C1)[C@H]1CCS(=O)(=O)C1. The number of hydrogen-bond donors (Lipinski definition) is 1. The van der Waals surface area contributed by atoms with Crippen LogP contribution in [-0.2, 0) is 19.4 Å². The molecule has 0 radical (unpaired) electrons. The van der Waals surface area contributed by atoms with Gasteiger partial charge in [-0.05, 0) is 25.7 Å². The second kappa shape index (κ2) is 5.71. The van der Waals surface area contributed by atoms with E-state index in [0.29, 0.717) is 25.7 Å². The molecule has 3 atom stereocenters. The number of carbonyl (C=O) groups excluding carboxylic acids is 1. The van der Waals surface area contributed by atoms with Gasteiger partial charge in [-0.15, -0.1) is 0 Å². The maximum atomic E-state index is 12.4. The fourth-order valence-corrected chi connectivity index (χ4v) is 4.96. The maximum absolute atomic E-state index is 12.4. The Bertz CT molecular complexity index is 501. The Balaban J connectivity index is 1.98. The summed E-state index contributed by atoms with van der Waals surface area (Å²) in [5, 5.41) is 9.05. The minimum Gasteiger partial charge on any atom is -0.481 e. The molecule has 2 aliphatic rings. The lowest BCUT2D eigenvalue weighted by Gasteiger charge is -2.32. The van der Waals surface area contributed by atoms with Crippen LogP contribution in [0.2, 0.25) is 0 Å². The van der Waals surface area contributed by atoms with Crippen LogP contribution in [0.25, 0.3) is 0 Å². The number of carbonyl (C=O) groups is 2. The monoisotopic (exact) mass is 303 g/mol. The molecule has 1 heterocycles. The Morgan fingerprint density at radius 1 is 1.15 bits per heavy atom. The minimum atomic E-state index is -3.02. The summed E-state index contributed by atoms with van der Waals surface area (Å²) in [5.41, 5.74) is 0. The smallest absolute Gasteiger partial charge is 0.306 e. The summed E-state index contributed by atoms with van der Waals surface area (Å²) in [6.45, 7) is 0. The van der Waals surface area contributed by atoms with Crippen LogP contribution in [0.5, 0.6) is 0 Å². The first kappa shape index (κ1) is 15.3. The summed E-state index contributed by atoms with van der Waals surface area (Å²) in [4.78, 5) is 25.0. The lowest BCUT2D eigenvalue weighted by molar-refractivity contribution is -0.145. The number of carboxylic acids is 1. The molecular weight excluding hydrogens is 282 g/mol. The third-order valence-electron chi connectivity index (χ3n) is 4.48. The predicted octanol–water partition coefficient (Wildman–Crippen LogP) is 0.523. The fraction of sp³-hybridized carbons (Fsp3) is 0.846. The van der Waals surface area contributed by atoms with Crippen LogP contribution in [0, 0.1) is 11.8 Å². The fourth-order valence-electron chi connectivity index (χ4n) is 3.19. The van der Waals surface area contributed by atoms with Crippen molar-refractivity contribution in [1.82, 2.24) is 4.90 Å².